The zero-order chi connectivity index (χ0) is 21.0. The monoisotopic (exact) mass is 411 g/mol. The minimum atomic E-state index is -4.04. The van der Waals surface area contributed by atoms with Crippen LogP contribution in [0.15, 0.2) is 53.6 Å². The Kier molecular flexibility index (Phi) is 5.48. The number of aromatic nitrogens is 2. The van der Waals surface area contributed by atoms with Crippen molar-refractivity contribution < 1.29 is 17.5 Å². The van der Waals surface area contributed by atoms with E-state index in [1.54, 1.807) is 0 Å². The Labute approximate surface area is 166 Å². The number of nitrogens with one attached hydrogen (secondary N) is 1. The van der Waals surface area contributed by atoms with Crippen LogP contribution in [0.4, 0.5) is 10.2 Å². The number of nitrogens with zero attached hydrogens (tertiary/aromatic N) is 4. The minimum Gasteiger partial charge on any atom is -0.494 e. The largest absolute Gasteiger partial charge is 0.494 e. The smallest absolute Gasteiger partial charge is 0.263 e. The van der Waals surface area contributed by atoms with Crippen LogP contribution >= 0.6 is 0 Å². The fraction of sp³-hybridized carbons (Fsp3) is 0.105. The molecule has 0 aliphatic rings. The first-order valence-electron chi connectivity index (χ1n) is 8.33. The van der Waals surface area contributed by atoms with Crippen molar-refractivity contribution in [3.8, 4) is 23.6 Å². The van der Waals surface area contributed by atoms with Crippen molar-refractivity contribution in [1.29, 1.82) is 10.5 Å². The third kappa shape index (κ3) is 4.18. The minimum absolute atomic E-state index is 0.0352. The predicted octanol–water partition coefficient (Wildman–Crippen LogP) is 2.95. The number of hydrogen-bond donors (Lipinski definition) is 1. The van der Waals surface area contributed by atoms with E-state index in [-0.39, 0.29) is 27.5 Å². The molecule has 10 heteroatoms. The molecule has 1 aromatic heterocycles. The molecule has 1 heterocycles. The van der Waals surface area contributed by atoms with Crippen LogP contribution in [0.25, 0.3) is 5.69 Å². The average molecular weight is 411 g/mol. The number of benzene rings is 2. The lowest BCUT2D eigenvalue weighted by molar-refractivity contribution is 0.340. The maximum Gasteiger partial charge on any atom is 0.263 e. The Morgan fingerprint density at radius 2 is 1.90 bits per heavy atom. The van der Waals surface area contributed by atoms with Gasteiger partial charge in [0.25, 0.3) is 10.0 Å². The zero-order valence-corrected chi connectivity index (χ0v) is 15.9. The summed E-state index contributed by atoms with van der Waals surface area (Å²) < 4.78 is 48.0. The van der Waals surface area contributed by atoms with Crippen LogP contribution in [-0.4, -0.2) is 24.8 Å². The highest BCUT2D eigenvalue weighted by Gasteiger charge is 2.20. The molecule has 0 saturated carbocycles. The number of hydrogen-bond acceptors (Lipinski definition) is 6. The Hall–Kier alpha value is -3.89. The molecule has 3 aromatic rings. The number of anilines is 1. The lowest BCUT2D eigenvalue weighted by atomic mass is 10.2. The summed E-state index contributed by atoms with van der Waals surface area (Å²) in [6.07, 6.45) is 1.19. The third-order valence-corrected chi connectivity index (χ3v) is 5.19. The Morgan fingerprint density at radius 1 is 1.17 bits per heavy atom. The van der Waals surface area contributed by atoms with Crippen molar-refractivity contribution in [2.24, 2.45) is 0 Å². The van der Waals surface area contributed by atoms with Gasteiger partial charge < -0.3 is 4.74 Å². The molecule has 0 radical (unpaired) electrons. The van der Waals surface area contributed by atoms with Gasteiger partial charge in [0.1, 0.15) is 28.9 Å². The molecule has 2 aromatic carbocycles. The molecule has 146 valence electrons. The molecule has 1 N–H and O–H groups in total. The molecule has 0 bridgehead atoms. The first kappa shape index (κ1) is 19.9. The van der Waals surface area contributed by atoms with Gasteiger partial charge in [-0.1, -0.05) is 0 Å². The van der Waals surface area contributed by atoms with E-state index in [9.17, 15) is 18.1 Å². The van der Waals surface area contributed by atoms with Crippen molar-refractivity contribution in [3.63, 3.8) is 0 Å². The Bertz CT molecular complexity index is 1240. The maximum atomic E-state index is 14.2. The summed E-state index contributed by atoms with van der Waals surface area (Å²) in [4.78, 5) is -0.0519. The fourth-order valence-electron chi connectivity index (χ4n) is 2.48. The van der Waals surface area contributed by atoms with Crippen molar-refractivity contribution >= 4 is 15.8 Å². The van der Waals surface area contributed by atoms with Crippen LogP contribution in [-0.2, 0) is 10.0 Å². The molecule has 0 atom stereocenters. The number of sulfonamides is 1. The van der Waals surface area contributed by atoms with Gasteiger partial charge in [-0.05, 0) is 49.4 Å². The van der Waals surface area contributed by atoms with Crippen LogP contribution < -0.4 is 9.46 Å². The van der Waals surface area contributed by atoms with Gasteiger partial charge in [-0.2, -0.15) is 10.5 Å². The highest BCUT2D eigenvalue weighted by atomic mass is 32.2. The second-order valence-corrected chi connectivity index (χ2v) is 7.42. The molecule has 0 spiro atoms. The summed E-state index contributed by atoms with van der Waals surface area (Å²) in [6, 6.07) is 13.1. The molecule has 0 unspecified atom stereocenters. The van der Waals surface area contributed by atoms with Crippen LogP contribution in [0.1, 0.15) is 18.1 Å². The second kappa shape index (κ2) is 8.00. The van der Waals surface area contributed by atoms with Gasteiger partial charge in [-0.15, -0.1) is 5.10 Å². The van der Waals surface area contributed by atoms with E-state index < -0.39 is 15.8 Å². The highest BCUT2D eigenvalue weighted by molar-refractivity contribution is 7.92. The lowest BCUT2D eigenvalue weighted by Gasteiger charge is -2.08. The van der Waals surface area contributed by atoms with E-state index in [1.807, 2.05) is 19.1 Å². The van der Waals surface area contributed by atoms with Crippen LogP contribution in [0.3, 0.4) is 0 Å². The Morgan fingerprint density at radius 3 is 2.48 bits per heavy atom. The zero-order valence-electron chi connectivity index (χ0n) is 15.1. The van der Waals surface area contributed by atoms with Gasteiger partial charge in [0.2, 0.25) is 0 Å². The molecular formula is C19H14FN5O3S. The summed E-state index contributed by atoms with van der Waals surface area (Å²) in [7, 11) is -4.04. The normalized spacial score (nSPS) is 10.8. The number of rotatable bonds is 6. The van der Waals surface area contributed by atoms with Crippen LogP contribution in [0.2, 0.25) is 0 Å². The third-order valence-electron chi connectivity index (χ3n) is 3.83. The quantitative estimate of drug-likeness (QED) is 0.666. The van der Waals surface area contributed by atoms with E-state index in [0.29, 0.717) is 12.4 Å². The topological polar surface area (TPSA) is 121 Å². The van der Waals surface area contributed by atoms with Crippen LogP contribution in [0.5, 0.6) is 5.75 Å². The van der Waals surface area contributed by atoms with Crippen molar-refractivity contribution in [2.75, 3.05) is 11.3 Å². The number of halogens is 1. The summed E-state index contributed by atoms with van der Waals surface area (Å²) in [5.41, 5.74) is -0.00868. The van der Waals surface area contributed by atoms with Gasteiger partial charge in [-0.3, -0.25) is 4.72 Å². The molecular weight excluding hydrogens is 397 g/mol. The van der Waals surface area contributed by atoms with E-state index >= 15 is 0 Å². The first-order valence-corrected chi connectivity index (χ1v) is 9.81. The Balaban J connectivity index is 1.93. The van der Waals surface area contributed by atoms with Crippen molar-refractivity contribution in [2.45, 2.75) is 11.8 Å². The van der Waals surface area contributed by atoms with Gasteiger partial charge in [0.15, 0.2) is 5.82 Å². The van der Waals surface area contributed by atoms with Gasteiger partial charge in [0.05, 0.1) is 29.3 Å². The molecule has 0 saturated heterocycles. The summed E-state index contributed by atoms with van der Waals surface area (Å²) in [5.74, 6) is -0.466. The SMILES string of the molecule is CCOc1ccc(S(=O)(=O)Nc2nn(-c3ccc(C#N)cc3F)cc2C#N)cc1. The summed E-state index contributed by atoms with van der Waals surface area (Å²) in [5, 5.41) is 22.1. The van der Waals surface area contributed by atoms with E-state index in [0.717, 1.165) is 10.7 Å². The molecule has 0 fully saturated rings. The van der Waals surface area contributed by atoms with Crippen LogP contribution in [0, 0.1) is 28.5 Å². The second-order valence-electron chi connectivity index (χ2n) is 5.74. The molecule has 0 aliphatic heterocycles. The van der Waals surface area contributed by atoms with E-state index in [2.05, 4.69) is 9.82 Å². The fourth-order valence-corrected chi connectivity index (χ4v) is 3.50. The molecule has 0 amide bonds. The molecule has 0 aliphatic carbocycles. The summed E-state index contributed by atoms with van der Waals surface area (Å²) in [6.45, 7) is 2.25. The average Bonchev–Trinajstić information content (AvgIpc) is 3.10. The van der Waals surface area contributed by atoms with Gasteiger partial charge >= 0.3 is 0 Å². The predicted molar refractivity (Wildman–Crippen MR) is 101 cm³/mol. The number of nitriles is 2. The van der Waals surface area contributed by atoms with Gasteiger partial charge in [0, 0.05) is 0 Å². The molecule has 29 heavy (non-hydrogen) atoms. The first-order chi connectivity index (χ1) is 13.9. The lowest BCUT2D eigenvalue weighted by Crippen LogP contribution is -2.14. The highest BCUT2D eigenvalue weighted by Crippen LogP contribution is 2.23. The van der Waals surface area contributed by atoms with Gasteiger partial charge in [-0.25, -0.2) is 17.5 Å². The van der Waals surface area contributed by atoms with Crippen molar-refractivity contribution in [3.05, 3.63) is 65.6 Å². The van der Waals surface area contributed by atoms with E-state index in [1.165, 1.54) is 42.6 Å². The standard InChI is InChI=1S/C19H14FN5O3S/c1-2-28-15-4-6-16(7-5-15)29(26,27)24-19-14(11-22)12-25(23-19)18-8-3-13(10-21)9-17(18)20/h3-9,12H,2H2,1H3,(H,23,24). The molecule has 3 rings (SSSR count). The molecule has 8 nitrogen and oxygen atoms in total. The van der Waals surface area contributed by atoms with E-state index in [4.69, 9.17) is 10.00 Å². The summed E-state index contributed by atoms with van der Waals surface area (Å²) >= 11 is 0. The maximum absolute atomic E-state index is 14.2. The van der Waals surface area contributed by atoms with Crippen molar-refractivity contribution in [1.82, 2.24) is 9.78 Å². The number of ether oxygens (including phenoxy) is 1.